The third-order valence-corrected chi connectivity index (χ3v) is 4.20. The van der Waals surface area contributed by atoms with E-state index in [2.05, 4.69) is 5.10 Å². The zero-order valence-corrected chi connectivity index (χ0v) is 13.4. The molecule has 5 heteroatoms. The van der Waals surface area contributed by atoms with Crippen LogP contribution in [-0.4, -0.2) is 33.7 Å². The molecule has 23 heavy (non-hydrogen) atoms. The second-order valence-electron chi connectivity index (χ2n) is 5.95. The number of rotatable bonds is 2. The summed E-state index contributed by atoms with van der Waals surface area (Å²) in [6.45, 7) is 3.24. The quantitative estimate of drug-likeness (QED) is 0.856. The minimum absolute atomic E-state index is 0.0151. The van der Waals surface area contributed by atoms with Crippen molar-refractivity contribution >= 4 is 5.91 Å². The maximum Gasteiger partial charge on any atom is 0.278 e. The lowest BCUT2D eigenvalue weighted by Crippen LogP contribution is -2.36. The largest absolute Gasteiger partial charge is 0.337 e. The van der Waals surface area contributed by atoms with Crippen molar-refractivity contribution in [2.24, 2.45) is 0 Å². The van der Waals surface area contributed by atoms with Crippen LogP contribution in [0.5, 0.6) is 0 Å². The Bertz CT molecular complexity index is 745. The zero-order chi connectivity index (χ0) is 16.2. The van der Waals surface area contributed by atoms with E-state index in [1.54, 1.807) is 9.58 Å². The Morgan fingerprint density at radius 1 is 1.04 bits per heavy atom. The van der Waals surface area contributed by atoms with Gasteiger partial charge in [0.25, 0.3) is 5.91 Å². The molecule has 1 amide bonds. The van der Waals surface area contributed by atoms with Crippen LogP contribution < -0.4 is 5.43 Å². The molecule has 0 radical (unpaired) electrons. The summed E-state index contributed by atoms with van der Waals surface area (Å²) in [5, 5.41) is 4.36. The van der Waals surface area contributed by atoms with Crippen LogP contribution in [0.1, 0.15) is 41.9 Å². The van der Waals surface area contributed by atoms with Crippen molar-refractivity contribution in [3.05, 3.63) is 58.0 Å². The minimum Gasteiger partial charge on any atom is -0.337 e. The fourth-order valence-corrected chi connectivity index (χ4v) is 2.95. The second-order valence-corrected chi connectivity index (χ2v) is 5.95. The summed E-state index contributed by atoms with van der Waals surface area (Å²) < 4.78 is 1.66. The summed E-state index contributed by atoms with van der Waals surface area (Å²) in [5.74, 6) is -0.249. The standard InChI is InChI=1S/C18H21N3O2/c1-14-13-16(22)17(18(23)20-11-7-2-3-8-12-20)19-21(14)15-9-5-4-6-10-15/h4-6,9-10,13H,2-3,7-8,11-12H2,1H3. The lowest BCUT2D eigenvalue weighted by atomic mass is 10.2. The summed E-state index contributed by atoms with van der Waals surface area (Å²) >= 11 is 0. The van der Waals surface area contributed by atoms with Crippen molar-refractivity contribution < 1.29 is 4.79 Å². The predicted molar refractivity (Wildman–Crippen MR) is 88.9 cm³/mol. The summed E-state index contributed by atoms with van der Waals surface area (Å²) in [6.07, 6.45) is 4.26. The number of likely N-dealkylation sites (tertiary alicyclic amines) is 1. The molecule has 3 rings (SSSR count). The lowest BCUT2D eigenvalue weighted by Gasteiger charge is -2.20. The van der Waals surface area contributed by atoms with E-state index in [9.17, 15) is 9.59 Å². The molecule has 2 heterocycles. The number of aryl methyl sites for hydroxylation is 1. The smallest absolute Gasteiger partial charge is 0.278 e. The first-order valence-electron chi connectivity index (χ1n) is 8.12. The summed E-state index contributed by atoms with van der Waals surface area (Å²) in [7, 11) is 0. The third-order valence-electron chi connectivity index (χ3n) is 4.20. The van der Waals surface area contributed by atoms with Gasteiger partial charge in [-0.25, -0.2) is 4.68 Å². The second kappa shape index (κ2) is 6.77. The summed E-state index contributed by atoms with van der Waals surface area (Å²) in [5.41, 5.74) is 1.27. The van der Waals surface area contributed by atoms with E-state index in [-0.39, 0.29) is 17.0 Å². The highest BCUT2D eigenvalue weighted by molar-refractivity contribution is 5.92. The maximum absolute atomic E-state index is 12.7. The molecule has 5 nitrogen and oxygen atoms in total. The number of amides is 1. The van der Waals surface area contributed by atoms with Crippen molar-refractivity contribution in [2.75, 3.05) is 13.1 Å². The van der Waals surface area contributed by atoms with E-state index >= 15 is 0 Å². The molecule has 1 aromatic heterocycles. The molecule has 0 aliphatic carbocycles. The Labute approximate surface area is 135 Å². The highest BCUT2D eigenvalue weighted by Crippen LogP contribution is 2.13. The lowest BCUT2D eigenvalue weighted by molar-refractivity contribution is 0.0752. The van der Waals surface area contributed by atoms with Crippen molar-refractivity contribution in [3.63, 3.8) is 0 Å². The van der Waals surface area contributed by atoms with Crippen LogP contribution in [0.4, 0.5) is 0 Å². The SMILES string of the molecule is Cc1cc(=O)c(C(=O)N2CCCCCC2)nn1-c1ccccc1. The normalized spacial score (nSPS) is 15.3. The van der Waals surface area contributed by atoms with Crippen LogP contribution in [0, 0.1) is 6.92 Å². The molecule has 0 N–H and O–H groups in total. The van der Waals surface area contributed by atoms with Gasteiger partial charge in [0.15, 0.2) is 5.69 Å². The number of benzene rings is 1. The summed E-state index contributed by atoms with van der Waals surface area (Å²) in [4.78, 5) is 26.8. The molecule has 0 saturated carbocycles. The van der Waals surface area contributed by atoms with Crippen LogP contribution in [-0.2, 0) is 0 Å². The molecule has 1 aliphatic rings. The average molecular weight is 311 g/mol. The molecule has 2 aromatic rings. The molecule has 1 aromatic carbocycles. The van der Waals surface area contributed by atoms with E-state index in [1.165, 1.54) is 6.07 Å². The predicted octanol–water partition coefficient (Wildman–Crippen LogP) is 2.56. The van der Waals surface area contributed by atoms with Gasteiger partial charge in [0, 0.05) is 24.8 Å². The van der Waals surface area contributed by atoms with Crippen molar-refractivity contribution in [1.82, 2.24) is 14.7 Å². The van der Waals surface area contributed by atoms with Gasteiger partial charge >= 0.3 is 0 Å². The number of hydrogen-bond acceptors (Lipinski definition) is 3. The van der Waals surface area contributed by atoms with Gasteiger partial charge in [0.2, 0.25) is 5.43 Å². The van der Waals surface area contributed by atoms with E-state index in [0.29, 0.717) is 18.8 Å². The number of hydrogen-bond donors (Lipinski definition) is 0. The third kappa shape index (κ3) is 3.33. The zero-order valence-electron chi connectivity index (χ0n) is 13.4. The Hall–Kier alpha value is -2.43. The maximum atomic E-state index is 12.7. The average Bonchev–Trinajstić information content (AvgIpc) is 2.84. The summed E-state index contributed by atoms with van der Waals surface area (Å²) in [6, 6.07) is 11.0. The van der Waals surface area contributed by atoms with Gasteiger partial charge < -0.3 is 4.90 Å². The topological polar surface area (TPSA) is 55.2 Å². The molecule has 1 fully saturated rings. The Balaban J connectivity index is 1.99. The molecular formula is C18H21N3O2. The number of carbonyl (C=O) groups excluding carboxylic acids is 1. The Morgan fingerprint density at radius 2 is 1.70 bits per heavy atom. The first-order valence-corrected chi connectivity index (χ1v) is 8.12. The molecule has 0 bridgehead atoms. The van der Waals surface area contributed by atoms with E-state index in [4.69, 9.17) is 0 Å². The van der Waals surface area contributed by atoms with Crippen LogP contribution in [0.3, 0.4) is 0 Å². The van der Waals surface area contributed by atoms with Gasteiger partial charge in [-0.3, -0.25) is 9.59 Å². The van der Waals surface area contributed by atoms with Gasteiger partial charge in [0.1, 0.15) is 0 Å². The van der Waals surface area contributed by atoms with Crippen LogP contribution in [0.15, 0.2) is 41.2 Å². The van der Waals surface area contributed by atoms with Crippen LogP contribution in [0.2, 0.25) is 0 Å². The minimum atomic E-state index is -0.302. The number of nitrogens with zero attached hydrogens (tertiary/aromatic N) is 3. The molecule has 120 valence electrons. The molecule has 1 saturated heterocycles. The molecule has 1 aliphatic heterocycles. The first kappa shape index (κ1) is 15.5. The van der Waals surface area contributed by atoms with E-state index in [0.717, 1.165) is 31.4 Å². The van der Waals surface area contributed by atoms with Gasteiger partial charge in [0.05, 0.1) is 5.69 Å². The number of carbonyl (C=O) groups is 1. The fraction of sp³-hybridized carbons (Fsp3) is 0.389. The van der Waals surface area contributed by atoms with Crippen molar-refractivity contribution in [1.29, 1.82) is 0 Å². The molecule has 0 spiro atoms. The highest BCUT2D eigenvalue weighted by atomic mass is 16.2. The fourth-order valence-electron chi connectivity index (χ4n) is 2.95. The van der Waals surface area contributed by atoms with Crippen LogP contribution >= 0.6 is 0 Å². The van der Waals surface area contributed by atoms with Gasteiger partial charge in [-0.2, -0.15) is 5.10 Å². The van der Waals surface area contributed by atoms with Crippen LogP contribution in [0.25, 0.3) is 5.69 Å². The van der Waals surface area contributed by atoms with Crippen molar-refractivity contribution in [2.45, 2.75) is 32.6 Å². The van der Waals surface area contributed by atoms with Gasteiger partial charge in [-0.1, -0.05) is 31.0 Å². The van der Waals surface area contributed by atoms with E-state index in [1.807, 2.05) is 37.3 Å². The Morgan fingerprint density at radius 3 is 2.35 bits per heavy atom. The monoisotopic (exact) mass is 311 g/mol. The number of aromatic nitrogens is 2. The van der Waals surface area contributed by atoms with E-state index < -0.39 is 0 Å². The Kier molecular flexibility index (Phi) is 4.55. The highest BCUT2D eigenvalue weighted by Gasteiger charge is 2.22. The van der Waals surface area contributed by atoms with Gasteiger partial charge in [-0.15, -0.1) is 0 Å². The van der Waals surface area contributed by atoms with Crippen molar-refractivity contribution in [3.8, 4) is 5.69 Å². The molecule has 0 atom stereocenters. The van der Waals surface area contributed by atoms with Gasteiger partial charge in [-0.05, 0) is 31.9 Å². The first-order chi connectivity index (χ1) is 11.2. The molecule has 0 unspecified atom stereocenters. The molecular weight excluding hydrogens is 290 g/mol. The number of para-hydroxylation sites is 1.